The first-order valence-electron chi connectivity index (χ1n) is 7.70. The molecule has 0 atom stereocenters. The molecule has 1 N–H and O–H groups in total. The minimum absolute atomic E-state index is 0.483. The number of nitrogens with one attached hydrogen (secondary N) is 1. The van der Waals surface area contributed by atoms with Gasteiger partial charge in [-0.15, -0.1) is 0 Å². The summed E-state index contributed by atoms with van der Waals surface area (Å²) in [5.74, 6) is 2.14. The van der Waals surface area contributed by atoms with Crippen LogP contribution in [0.2, 0.25) is 10.0 Å². The van der Waals surface area contributed by atoms with E-state index in [1.807, 2.05) is 18.2 Å². The van der Waals surface area contributed by atoms with E-state index in [2.05, 4.69) is 15.3 Å². The molecule has 0 saturated carbocycles. The third-order valence-corrected chi connectivity index (χ3v) is 4.62. The van der Waals surface area contributed by atoms with Crippen molar-refractivity contribution in [2.75, 3.05) is 26.6 Å². The molecule has 8 heteroatoms. The summed E-state index contributed by atoms with van der Waals surface area (Å²) in [5, 5.41) is 5.06. The summed E-state index contributed by atoms with van der Waals surface area (Å²) in [6.07, 6.45) is 1.47. The fourth-order valence-corrected chi connectivity index (χ4v) is 2.96. The van der Waals surface area contributed by atoms with Crippen molar-refractivity contribution in [2.24, 2.45) is 0 Å². The molecule has 0 aliphatic carbocycles. The van der Waals surface area contributed by atoms with Gasteiger partial charge in [0.25, 0.3) is 0 Å². The highest BCUT2D eigenvalue weighted by molar-refractivity contribution is 6.42. The maximum atomic E-state index is 6.07. The van der Waals surface area contributed by atoms with Crippen molar-refractivity contribution in [3.05, 3.63) is 46.2 Å². The van der Waals surface area contributed by atoms with Crippen LogP contribution in [-0.2, 0) is 6.54 Å². The fourth-order valence-electron chi connectivity index (χ4n) is 2.64. The first-order chi connectivity index (χ1) is 12.6. The van der Waals surface area contributed by atoms with Crippen molar-refractivity contribution in [1.82, 2.24) is 9.97 Å². The molecule has 26 heavy (non-hydrogen) atoms. The van der Waals surface area contributed by atoms with Crippen molar-refractivity contribution in [3.8, 4) is 17.2 Å². The summed E-state index contributed by atoms with van der Waals surface area (Å²) >= 11 is 12.0. The second-order valence-electron chi connectivity index (χ2n) is 5.37. The molecule has 0 aliphatic rings. The van der Waals surface area contributed by atoms with Gasteiger partial charge in [-0.1, -0.05) is 29.3 Å². The summed E-state index contributed by atoms with van der Waals surface area (Å²) in [5.41, 5.74) is 1.59. The van der Waals surface area contributed by atoms with Gasteiger partial charge in [-0.3, -0.25) is 0 Å². The molecule has 3 aromatic rings. The standard InChI is InChI=1S/C18H17Cl2N3O3/c1-24-14-7-11-15(17(26-3)16(14)25-2)22-9-23-18(11)21-8-10-4-5-12(19)13(20)6-10/h4-7,9H,8H2,1-3H3,(H,21,22,23). The molecule has 0 aliphatic heterocycles. The third-order valence-electron chi connectivity index (χ3n) is 3.88. The number of anilines is 1. The third kappa shape index (κ3) is 3.43. The average Bonchev–Trinajstić information content (AvgIpc) is 2.67. The Hall–Kier alpha value is -2.44. The van der Waals surface area contributed by atoms with Crippen LogP contribution in [0.3, 0.4) is 0 Å². The highest BCUT2D eigenvalue weighted by Crippen LogP contribution is 2.43. The molecule has 0 amide bonds. The largest absolute Gasteiger partial charge is 0.493 e. The molecular weight excluding hydrogens is 377 g/mol. The van der Waals surface area contributed by atoms with Crippen molar-refractivity contribution in [2.45, 2.75) is 6.54 Å². The van der Waals surface area contributed by atoms with Gasteiger partial charge in [-0.05, 0) is 23.8 Å². The van der Waals surface area contributed by atoms with Gasteiger partial charge in [0.15, 0.2) is 11.5 Å². The molecule has 0 radical (unpaired) electrons. The monoisotopic (exact) mass is 393 g/mol. The number of rotatable bonds is 6. The van der Waals surface area contributed by atoms with Crippen LogP contribution in [0.5, 0.6) is 17.2 Å². The summed E-state index contributed by atoms with van der Waals surface area (Å²) < 4.78 is 16.3. The van der Waals surface area contributed by atoms with Crippen molar-refractivity contribution in [1.29, 1.82) is 0 Å². The fraction of sp³-hybridized carbons (Fsp3) is 0.222. The Labute approximate surface area is 161 Å². The van der Waals surface area contributed by atoms with Crippen LogP contribution in [0.25, 0.3) is 10.9 Å². The van der Waals surface area contributed by atoms with Gasteiger partial charge >= 0.3 is 0 Å². The number of halogens is 2. The van der Waals surface area contributed by atoms with Crippen molar-refractivity contribution < 1.29 is 14.2 Å². The lowest BCUT2D eigenvalue weighted by Gasteiger charge is -2.16. The number of fused-ring (bicyclic) bond motifs is 1. The zero-order valence-corrected chi connectivity index (χ0v) is 16.0. The Bertz CT molecular complexity index is 951. The molecule has 0 saturated heterocycles. The number of benzene rings is 2. The van der Waals surface area contributed by atoms with Crippen LogP contribution >= 0.6 is 23.2 Å². The smallest absolute Gasteiger partial charge is 0.205 e. The summed E-state index contributed by atoms with van der Waals surface area (Å²) in [6, 6.07) is 7.28. The van der Waals surface area contributed by atoms with Gasteiger partial charge < -0.3 is 19.5 Å². The topological polar surface area (TPSA) is 65.5 Å². The molecule has 6 nitrogen and oxygen atoms in total. The van der Waals surface area contributed by atoms with E-state index in [0.29, 0.717) is 45.2 Å². The van der Waals surface area contributed by atoms with E-state index in [9.17, 15) is 0 Å². The zero-order valence-electron chi connectivity index (χ0n) is 14.5. The number of hydrogen-bond acceptors (Lipinski definition) is 6. The number of aromatic nitrogens is 2. The van der Waals surface area contributed by atoms with Gasteiger partial charge in [0, 0.05) is 6.54 Å². The Morgan fingerprint density at radius 1 is 0.923 bits per heavy atom. The van der Waals surface area contributed by atoms with E-state index in [-0.39, 0.29) is 0 Å². The van der Waals surface area contributed by atoms with Gasteiger partial charge in [-0.2, -0.15) is 0 Å². The van der Waals surface area contributed by atoms with E-state index in [1.165, 1.54) is 6.33 Å². The summed E-state index contributed by atoms with van der Waals surface area (Å²) in [4.78, 5) is 8.66. The Morgan fingerprint density at radius 3 is 2.35 bits per heavy atom. The number of ether oxygens (including phenoxy) is 3. The highest BCUT2D eigenvalue weighted by atomic mass is 35.5. The lowest BCUT2D eigenvalue weighted by Crippen LogP contribution is -2.04. The molecule has 0 unspecified atom stereocenters. The molecule has 3 rings (SSSR count). The number of nitrogens with zero attached hydrogens (tertiary/aromatic N) is 2. The lowest BCUT2D eigenvalue weighted by molar-refractivity contribution is 0.327. The molecule has 0 bridgehead atoms. The second kappa shape index (κ2) is 7.85. The Kier molecular flexibility index (Phi) is 5.54. The molecule has 0 spiro atoms. The minimum Gasteiger partial charge on any atom is -0.493 e. The van der Waals surface area contributed by atoms with Crippen LogP contribution in [0.15, 0.2) is 30.6 Å². The molecule has 136 valence electrons. The van der Waals surface area contributed by atoms with Crippen LogP contribution in [-0.4, -0.2) is 31.3 Å². The van der Waals surface area contributed by atoms with Crippen molar-refractivity contribution in [3.63, 3.8) is 0 Å². The van der Waals surface area contributed by atoms with Crippen LogP contribution in [0.1, 0.15) is 5.56 Å². The summed E-state index contributed by atoms with van der Waals surface area (Å²) in [7, 11) is 4.67. The zero-order chi connectivity index (χ0) is 18.7. The van der Waals surface area contributed by atoms with Crippen LogP contribution < -0.4 is 19.5 Å². The van der Waals surface area contributed by atoms with Gasteiger partial charge in [-0.25, -0.2) is 9.97 Å². The highest BCUT2D eigenvalue weighted by Gasteiger charge is 2.19. The maximum absolute atomic E-state index is 6.07. The van der Waals surface area contributed by atoms with Gasteiger partial charge in [0.2, 0.25) is 5.75 Å². The quantitative estimate of drug-likeness (QED) is 0.661. The SMILES string of the molecule is COc1cc2c(NCc3ccc(Cl)c(Cl)c3)ncnc2c(OC)c1OC. The molecule has 0 fully saturated rings. The second-order valence-corrected chi connectivity index (χ2v) is 6.18. The van der Waals surface area contributed by atoms with Crippen molar-refractivity contribution >= 4 is 39.9 Å². The Balaban J connectivity index is 2.02. The first kappa shape index (κ1) is 18.4. The predicted molar refractivity (Wildman–Crippen MR) is 103 cm³/mol. The van der Waals surface area contributed by atoms with Gasteiger partial charge in [0.1, 0.15) is 17.7 Å². The normalized spacial score (nSPS) is 10.7. The number of hydrogen-bond donors (Lipinski definition) is 1. The van der Waals surface area contributed by atoms with Crippen LogP contribution in [0, 0.1) is 0 Å². The molecular formula is C18H17Cl2N3O3. The lowest BCUT2D eigenvalue weighted by atomic mass is 10.1. The van der Waals surface area contributed by atoms with E-state index in [1.54, 1.807) is 27.4 Å². The van der Waals surface area contributed by atoms with E-state index in [0.717, 1.165) is 10.9 Å². The van der Waals surface area contributed by atoms with E-state index >= 15 is 0 Å². The summed E-state index contributed by atoms with van der Waals surface area (Å²) in [6.45, 7) is 0.514. The molecule has 1 aromatic heterocycles. The first-order valence-corrected chi connectivity index (χ1v) is 8.46. The van der Waals surface area contributed by atoms with Gasteiger partial charge in [0.05, 0.1) is 36.8 Å². The van der Waals surface area contributed by atoms with Crippen LogP contribution in [0.4, 0.5) is 5.82 Å². The van der Waals surface area contributed by atoms with E-state index < -0.39 is 0 Å². The minimum atomic E-state index is 0.483. The predicted octanol–water partition coefficient (Wildman–Crippen LogP) is 4.57. The average molecular weight is 394 g/mol. The molecule has 1 heterocycles. The van der Waals surface area contributed by atoms with E-state index in [4.69, 9.17) is 37.4 Å². The maximum Gasteiger partial charge on any atom is 0.205 e. The Morgan fingerprint density at radius 2 is 1.69 bits per heavy atom. The number of methoxy groups -OCH3 is 3. The molecule has 2 aromatic carbocycles.